The quantitative estimate of drug-likeness (QED) is 0.0750. The normalized spacial score (nSPS) is 11.1. The molecule has 0 bridgehead atoms. The van der Waals surface area contributed by atoms with Gasteiger partial charge in [0, 0.05) is 28.9 Å². The molecule has 13 heteroatoms. The van der Waals surface area contributed by atoms with Crippen molar-refractivity contribution in [2.75, 3.05) is 13.6 Å². The van der Waals surface area contributed by atoms with Crippen LogP contribution in [0, 0.1) is 6.92 Å². The van der Waals surface area contributed by atoms with Crippen molar-refractivity contribution in [1.82, 2.24) is 0 Å². The fourth-order valence-corrected chi connectivity index (χ4v) is 3.73. The Labute approximate surface area is 279 Å². The van der Waals surface area contributed by atoms with Crippen LogP contribution in [0.15, 0.2) is 97.1 Å². The molecule has 0 aliphatic heterocycles. The first-order valence-corrected chi connectivity index (χ1v) is 14.3. The van der Waals surface area contributed by atoms with Gasteiger partial charge in [0.05, 0.1) is 0 Å². The summed E-state index contributed by atoms with van der Waals surface area (Å²) in [5.74, 6) is -3.69. The van der Waals surface area contributed by atoms with E-state index in [1.54, 1.807) is 36.4 Å². The lowest BCUT2D eigenvalue weighted by atomic mass is 10.1. The molecule has 0 saturated carbocycles. The van der Waals surface area contributed by atoms with Crippen molar-refractivity contribution in [2.24, 2.45) is 0 Å². The van der Waals surface area contributed by atoms with E-state index in [4.69, 9.17) is 28.4 Å². The highest BCUT2D eigenvalue weighted by molar-refractivity contribution is 5.90. The molecule has 0 aromatic heterocycles. The highest BCUT2D eigenvalue weighted by Crippen LogP contribution is 2.42. The third kappa shape index (κ3) is 11.9. The second kappa shape index (κ2) is 17.2. The molecule has 3 aromatic carbocycles. The Kier molecular flexibility index (Phi) is 13.1. The van der Waals surface area contributed by atoms with Gasteiger partial charge in [-0.2, -0.15) is 13.2 Å². The molecule has 3 rings (SSSR count). The summed E-state index contributed by atoms with van der Waals surface area (Å²) in [6.45, 7) is 10.3. The van der Waals surface area contributed by atoms with Gasteiger partial charge in [-0.15, -0.1) is 0 Å². The van der Waals surface area contributed by atoms with E-state index >= 15 is 0 Å². The number of esters is 4. The summed E-state index contributed by atoms with van der Waals surface area (Å²) >= 11 is 0. The molecule has 0 spiro atoms. The minimum Gasteiger partial charge on any atom is -0.457 e. The Morgan fingerprint density at radius 3 is 1.43 bits per heavy atom. The summed E-state index contributed by atoms with van der Waals surface area (Å²) in [5.41, 5.74) is -0.288. The first-order valence-electron chi connectivity index (χ1n) is 14.3. The first kappa shape index (κ1) is 37.3. The smallest absolute Gasteiger partial charge is 0.420 e. The molecule has 0 amide bonds. The van der Waals surface area contributed by atoms with E-state index in [0.29, 0.717) is 22.6 Å². The molecule has 49 heavy (non-hydrogen) atoms. The Bertz CT molecular complexity index is 1770. The molecule has 0 aliphatic carbocycles. The zero-order valence-corrected chi connectivity index (χ0v) is 26.6. The van der Waals surface area contributed by atoms with E-state index in [2.05, 4.69) is 13.2 Å². The van der Waals surface area contributed by atoms with E-state index in [9.17, 15) is 32.3 Å². The van der Waals surface area contributed by atoms with E-state index in [1.807, 2.05) is 0 Å². The van der Waals surface area contributed by atoms with Crippen LogP contribution in [0.2, 0.25) is 0 Å². The van der Waals surface area contributed by atoms with E-state index in [-0.39, 0.29) is 30.5 Å². The number of halogens is 3. The molecule has 10 nitrogen and oxygen atoms in total. The van der Waals surface area contributed by atoms with Gasteiger partial charge < -0.3 is 28.4 Å². The minimum absolute atomic E-state index is 0.215. The van der Waals surface area contributed by atoms with Gasteiger partial charge in [0.25, 0.3) is 0 Å². The Balaban J connectivity index is 1.61. The maximum absolute atomic E-state index is 14.0. The number of hydrogen-bond donors (Lipinski definition) is 0. The topological polar surface area (TPSA) is 124 Å². The van der Waals surface area contributed by atoms with Crippen LogP contribution in [-0.4, -0.2) is 37.5 Å². The molecule has 0 unspecified atom stereocenters. The lowest BCUT2D eigenvalue weighted by Gasteiger charge is -2.17. The van der Waals surface area contributed by atoms with Crippen molar-refractivity contribution >= 4 is 36.0 Å². The molecule has 0 aliphatic rings. The van der Waals surface area contributed by atoms with Crippen LogP contribution in [0.4, 0.5) is 13.2 Å². The average molecular weight is 681 g/mol. The van der Waals surface area contributed by atoms with Crippen LogP contribution in [0.5, 0.6) is 23.0 Å². The third-order valence-corrected chi connectivity index (χ3v) is 6.19. The van der Waals surface area contributed by atoms with Gasteiger partial charge in [-0.1, -0.05) is 37.4 Å². The zero-order chi connectivity index (χ0) is 36.1. The summed E-state index contributed by atoms with van der Waals surface area (Å²) in [6.07, 6.45) is -0.304. The van der Waals surface area contributed by atoms with Crippen molar-refractivity contribution in [3.05, 3.63) is 119 Å². The largest absolute Gasteiger partial charge is 0.457 e. The fourth-order valence-electron chi connectivity index (χ4n) is 3.73. The standard InChI is InChI=1S/C36H31F3O10/c1-22(2)34(42)46-20-44-27-12-6-25(7-13-27)10-18-31(40)48-29-16-17-30(33(24(29)5)36(37,38)39)49-32(41)19-11-26-8-14-28(15-9-26)45-21-47-35(43)23(3)4/h6-19H,1,3,20-21H2,2,4-5H3/b18-10+,19-11+. The van der Waals surface area contributed by atoms with E-state index < -0.39 is 46.9 Å². The predicted molar refractivity (Wildman–Crippen MR) is 171 cm³/mol. The summed E-state index contributed by atoms with van der Waals surface area (Å²) in [6, 6.07) is 14.4. The Morgan fingerprint density at radius 1 is 0.653 bits per heavy atom. The Hall–Kier alpha value is -6.11. The second-order valence-corrected chi connectivity index (χ2v) is 10.2. The van der Waals surface area contributed by atoms with E-state index in [1.165, 1.54) is 38.1 Å². The summed E-state index contributed by atoms with van der Waals surface area (Å²) < 4.78 is 72.5. The monoisotopic (exact) mass is 680 g/mol. The minimum atomic E-state index is -4.96. The lowest BCUT2D eigenvalue weighted by Crippen LogP contribution is -2.15. The molecular formula is C36H31F3O10. The zero-order valence-electron chi connectivity index (χ0n) is 26.6. The van der Waals surface area contributed by atoms with Crippen LogP contribution in [0.3, 0.4) is 0 Å². The van der Waals surface area contributed by atoms with Gasteiger partial charge in [-0.25, -0.2) is 19.2 Å². The fraction of sp³-hybridized carbons (Fsp3) is 0.167. The number of alkyl halides is 3. The molecule has 0 saturated heterocycles. The lowest BCUT2D eigenvalue weighted by molar-refractivity contribution is -0.146. The van der Waals surface area contributed by atoms with Crippen LogP contribution in [0.1, 0.15) is 36.1 Å². The molecule has 0 heterocycles. The van der Waals surface area contributed by atoms with Gasteiger partial charge in [-0.3, -0.25) is 0 Å². The van der Waals surface area contributed by atoms with Gasteiger partial charge in [-0.05, 0) is 80.4 Å². The molecule has 0 fully saturated rings. The van der Waals surface area contributed by atoms with Gasteiger partial charge >= 0.3 is 30.1 Å². The Morgan fingerprint density at radius 2 is 1.04 bits per heavy atom. The summed E-state index contributed by atoms with van der Waals surface area (Å²) in [4.78, 5) is 47.6. The third-order valence-electron chi connectivity index (χ3n) is 6.19. The molecular weight excluding hydrogens is 649 g/mol. The van der Waals surface area contributed by atoms with Crippen molar-refractivity contribution in [3.8, 4) is 23.0 Å². The van der Waals surface area contributed by atoms with Crippen LogP contribution < -0.4 is 18.9 Å². The van der Waals surface area contributed by atoms with Gasteiger partial charge in [0.2, 0.25) is 13.6 Å². The molecule has 0 N–H and O–H groups in total. The van der Waals surface area contributed by atoms with Gasteiger partial charge in [0.1, 0.15) is 28.6 Å². The van der Waals surface area contributed by atoms with Crippen molar-refractivity contribution in [2.45, 2.75) is 26.9 Å². The number of ether oxygens (including phenoxy) is 6. The highest BCUT2D eigenvalue weighted by atomic mass is 19.4. The SMILES string of the molecule is C=C(C)C(=O)OCOc1ccc(/C=C/C(=O)Oc2ccc(OC(=O)/C=C/c3ccc(OCOC(=O)C(=C)C)cc3)c(C(F)(F)F)c2C)cc1. The van der Waals surface area contributed by atoms with Crippen LogP contribution in [0.25, 0.3) is 12.2 Å². The number of carbonyl (C=O) groups is 4. The van der Waals surface area contributed by atoms with Crippen molar-refractivity contribution in [1.29, 1.82) is 0 Å². The molecule has 0 atom stereocenters. The average Bonchev–Trinajstić information content (AvgIpc) is 3.04. The summed E-state index contributed by atoms with van der Waals surface area (Å²) in [7, 11) is 0. The number of rotatable bonds is 14. The summed E-state index contributed by atoms with van der Waals surface area (Å²) in [5, 5.41) is 0. The second-order valence-electron chi connectivity index (χ2n) is 10.2. The van der Waals surface area contributed by atoms with E-state index in [0.717, 1.165) is 31.2 Å². The van der Waals surface area contributed by atoms with Crippen LogP contribution in [-0.2, 0) is 34.8 Å². The molecule has 256 valence electrons. The number of hydrogen-bond acceptors (Lipinski definition) is 10. The molecule has 3 aromatic rings. The van der Waals surface area contributed by atoms with Gasteiger partial charge in [0.15, 0.2) is 0 Å². The first-order chi connectivity index (χ1) is 23.1. The van der Waals surface area contributed by atoms with Crippen molar-refractivity contribution in [3.63, 3.8) is 0 Å². The maximum atomic E-state index is 14.0. The maximum Gasteiger partial charge on any atom is 0.420 e. The predicted octanol–water partition coefficient (Wildman–Crippen LogP) is 7.16. The van der Waals surface area contributed by atoms with Crippen molar-refractivity contribution < 1.29 is 60.8 Å². The highest BCUT2D eigenvalue weighted by Gasteiger charge is 2.38. The van der Waals surface area contributed by atoms with Crippen LogP contribution >= 0.6 is 0 Å². The number of carbonyl (C=O) groups excluding carboxylic acids is 4. The number of benzene rings is 3. The molecule has 0 radical (unpaired) electrons.